The van der Waals surface area contributed by atoms with Crippen molar-refractivity contribution in [2.24, 2.45) is 5.92 Å². The number of hydrogen-bond acceptors (Lipinski definition) is 9. The Hall–Kier alpha value is -4.84. The van der Waals surface area contributed by atoms with Crippen molar-refractivity contribution >= 4 is 51.9 Å². The number of para-hydroxylation sites is 2. The van der Waals surface area contributed by atoms with Gasteiger partial charge in [0.15, 0.2) is 23.1 Å². The second-order valence-corrected chi connectivity index (χ2v) is 15.4. The zero-order valence-electron chi connectivity index (χ0n) is 32.1. The van der Waals surface area contributed by atoms with Crippen LogP contribution >= 0.6 is 23.2 Å². The second kappa shape index (κ2) is 16.7. The molecular weight excluding hydrogens is 755 g/mol. The first kappa shape index (κ1) is 39.4. The van der Waals surface area contributed by atoms with Crippen LogP contribution in [0.15, 0.2) is 71.3 Å². The van der Waals surface area contributed by atoms with Crippen LogP contribution in [-0.4, -0.2) is 84.0 Å². The van der Waals surface area contributed by atoms with E-state index < -0.39 is 11.4 Å². The zero-order valence-corrected chi connectivity index (χ0v) is 33.6. The first-order chi connectivity index (χ1) is 27.0. The Morgan fingerprint density at radius 2 is 1.73 bits per heavy atom. The first-order valence-corrected chi connectivity index (χ1v) is 19.8. The number of rotatable bonds is 13. The number of nitrogens with zero attached hydrogens (tertiary/aromatic N) is 4. The molecular formula is C43H46Cl2N4O7. The van der Waals surface area contributed by atoms with Gasteiger partial charge in [0, 0.05) is 43.0 Å². The van der Waals surface area contributed by atoms with Crippen molar-refractivity contribution in [3.05, 3.63) is 105 Å². The third kappa shape index (κ3) is 7.77. The maximum atomic E-state index is 14.5. The number of ether oxygens (including phenoxy) is 3. The predicted molar refractivity (Wildman–Crippen MR) is 215 cm³/mol. The number of fused-ring (bicyclic) bond motifs is 1. The number of carbonyl (C=O) groups excluding carboxylic acids is 3. The highest BCUT2D eigenvalue weighted by molar-refractivity contribution is 6.42. The summed E-state index contributed by atoms with van der Waals surface area (Å²) in [5.41, 5.74) is 3.08. The lowest BCUT2D eigenvalue weighted by Crippen LogP contribution is -2.41. The molecule has 2 aromatic heterocycles. The average molecular weight is 802 g/mol. The molecule has 1 amide bonds. The van der Waals surface area contributed by atoms with Crippen LogP contribution in [0.4, 0.5) is 0 Å². The number of benzene rings is 3. The lowest BCUT2D eigenvalue weighted by atomic mass is 9.76. The number of hydrogen-bond donors (Lipinski definition) is 0. The van der Waals surface area contributed by atoms with Gasteiger partial charge in [-0.05, 0) is 93.7 Å². The maximum Gasteiger partial charge on any atom is 0.308 e. The third-order valence-corrected chi connectivity index (χ3v) is 12.1. The van der Waals surface area contributed by atoms with Crippen molar-refractivity contribution in [1.29, 1.82) is 0 Å². The molecule has 294 valence electrons. The van der Waals surface area contributed by atoms with E-state index in [0.29, 0.717) is 78.2 Å². The molecule has 2 fully saturated rings. The van der Waals surface area contributed by atoms with E-state index in [0.717, 1.165) is 48.4 Å². The summed E-state index contributed by atoms with van der Waals surface area (Å²) in [7, 11) is 3.03. The largest absolute Gasteiger partial charge is 0.493 e. The zero-order chi connectivity index (χ0) is 39.6. The number of likely N-dealkylation sites (tertiary alicyclic amines) is 2. The minimum atomic E-state index is -0.537. The van der Waals surface area contributed by atoms with E-state index in [9.17, 15) is 14.4 Å². The Morgan fingerprint density at radius 1 is 0.946 bits per heavy atom. The number of esters is 1. The Morgan fingerprint density at radius 3 is 2.41 bits per heavy atom. The van der Waals surface area contributed by atoms with Crippen LogP contribution in [0, 0.1) is 5.92 Å². The number of halogens is 2. The van der Waals surface area contributed by atoms with Crippen molar-refractivity contribution in [3.63, 3.8) is 0 Å². The molecule has 0 bridgehead atoms. The summed E-state index contributed by atoms with van der Waals surface area (Å²) in [6, 6.07) is 18.9. The number of imidazole rings is 1. The van der Waals surface area contributed by atoms with Crippen LogP contribution in [0.1, 0.15) is 77.4 Å². The van der Waals surface area contributed by atoms with Crippen molar-refractivity contribution in [2.45, 2.75) is 57.9 Å². The van der Waals surface area contributed by atoms with Gasteiger partial charge in [0.25, 0.3) is 5.91 Å². The fourth-order valence-electron chi connectivity index (χ4n) is 8.37. The lowest BCUT2D eigenvalue weighted by Gasteiger charge is -2.36. The highest BCUT2D eigenvalue weighted by atomic mass is 35.5. The maximum absolute atomic E-state index is 14.5. The standard InChI is InChI=1S/C43H46Cl2N4O7/c1-5-31-39(56-27(2)50)32(24-37(53-3)40(31)54-4)42(52)48-21-17-43(26-48,29-12-13-33(44)34(45)23-29)16-20-47-18-14-28(15-19-47)38(51)41-46-35-10-6-7-11-36(35)49(41)25-30-9-8-22-55-30/h6-13,22-24,28H,5,14-21,25-26H2,1-4H3. The minimum absolute atomic E-state index is 0.0548. The summed E-state index contributed by atoms with van der Waals surface area (Å²) in [4.78, 5) is 49.8. The normalized spacial score (nSPS) is 17.7. The second-order valence-electron chi connectivity index (χ2n) is 14.6. The predicted octanol–water partition coefficient (Wildman–Crippen LogP) is 8.26. The van der Waals surface area contributed by atoms with Crippen molar-refractivity contribution in [3.8, 4) is 17.2 Å². The molecule has 7 rings (SSSR count). The number of aromatic nitrogens is 2. The van der Waals surface area contributed by atoms with Gasteiger partial charge in [0.2, 0.25) is 5.78 Å². The number of piperidine rings is 1. The molecule has 0 radical (unpaired) electrons. The molecule has 0 N–H and O–H groups in total. The quantitative estimate of drug-likeness (QED) is 0.0660. The van der Waals surface area contributed by atoms with Gasteiger partial charge in [-0.1, -0.05) is 48.3 Å². The molecule has 1 unspecified atom stereocenters. The van der Waals surface area contributed by atoms with Crippen LogP contribution in [0.5, 0.6) is 17.2 Å². The molecule has 4 heterocycles. The highest BCUT2D eigenvalue weighted by Crippen LogP contribution is 2.44. The molecule has 56 heavy (non-hydrogen) atoms. The van der Waals surface area contributed by atoms with E-state index in [4.69, 9.17) is 46.8 Å². The molecule has 3 aromatic carbocycles. The van der Waals surface area contributed by atoms with Crippen LogP contribution in [0.25, 0.3) is 11.0 Å². The van der Waals surface area contributed by atoms with Gasteiger partial charge in [-0.15, -0.1) is 0 Å². The average Bonchev–Trinajstić information content (AvgIpc) is 3.98. The van der Waals surface area contributed by atoms with Crippen LogP contribution in [-0.2, 0) is 23.2 Å². The van der Waals surface area contributed by atoms with Gasteiger partial charge < -0.3 is 33.0 Å². The number of amides is 1. The van der Waals surface area contributed by atoms with E-state index in [1.807, 2.05) is 71.0 Å². The SMILES string of the molecule is CCc1c(OC)c(OC)cc(C(=O)N2CCC(CCN3CCC(C(=O)c4nc5ccccc5n4Cc4ccco4)CC3)(c3ccc(Cl)c(Cl)c3)C2)c1OC(C)=O. The fraction of sp³-hybridized carbons (Fsp3) is 0.395. The summed E-state index contributed by atoms with van der Waals surface area (Å²) < 4.78 is 24.5. The minimum Gasteiger partial charge on any atom is -0.493 e. The summed E-state index contributed by atoms with van der Waals surface area (Å²) in [6.07, 6.45) is 4.95. The topological polar surface area (TPSA) is 116 Å². The van der Waals surface area contributed by atoms with Crippen molar-refractivity contribution in [2.75, 3.05) is 46.9 Å². The van der Waals surface area contributed by atoms with Gasteiger partial charge in [-0.25, -0.2) is 4.98 Å². The lowest BCUT2D eigenvalue weighted by molar-refractivity contribution is -0.131. The van der Waals surface area contributed by atoms with E-state index >= 15 is 0 Å². The molecule has 5 aromatic rings. The summed E-state index contributed by atoms with van der Waals surface area (Å²) in [5.74, 6) is 1.32. The van der Waals surface area contributed by atoms with E-state index in [1.165, 1.54) is 21.1 Å². The Bertz CT molecular complexity index is 2250. The Labute approximate surface area is 336 Å². The molecule has 0 spiro atoms. The van der Waals surface area contributed by atoms with Crippen LogP contribution in [0.3, 0.4) is 0 Å². The molecule has 0 aliphatic carbocycles. The first-order valence-electron chi connectivity index (χ1n) is 19.0. The molecule has 0 saturated carbocycles. The summed E-state index contributed by atoms with van der Waals surface area (Å²) in [5, 5.41) is 0.916. The van der Waals surface area contributed by atoms with Crippen LogP contribution in [0.2, 0.25) is 10.0 Å². The number of carbonyl (C=O) groups is 3. The monoisotopic (exact) mass is 800 g/mol. The number of methoxy groups -OCH3 is 2. The molecule has 2 aliphatic heterocycles. The van der Waals surface area contributed by atoms with E-state index in [-0.39, 0.29) is 28.9 Å². The fourth-order valence-corrected chi connectivity index (χ4v) is 8.67. The van der Waals surface area contributed by atoms with Gasteiger partial charge in [-0.3, -0.25) is 14.4 Å². The Kier molecular flexibility index (Phi) is 11.8. The van der Waals surface area contributed by atoms with Crippen molar-refractivity contribution < 1.29 is 33.0 Å². The molecule has 2 aliphatic rings. The van der Waals surface area contributed by atoms with Crippen LogP contribution < -0.4 is 14.2 Å². The molecule has 2 saturated heterocycles. The Balaban J connectivity index is 1.09. The highest BCUT2D eigenvalue weighted by Gasteiger charge is 2.43. The van der Waals surface area contributed by atoms with E-state index in [1.54, 1.807) is 12.3 Å². The third-order valence-electron chi connectivity index (χ3n) is 11.4. The van der Waals surface area contributed by atoms with E-state index in [2.05, 4.69) is 4.90 Å². The van der Waals surface area contributed by atoms with Gasteiger partial charge in [0.05, 0.1) is 53.7 Å². The van der Waals surface area contributed by atoms with Gasteiger partial charge in [-0.2, -0.15) is 0 Å². The molecule has 1 atom stereocenters. The molecule has 11 nitrogen and oxygen atoms in total. The van der Waals surface area contributed by atoms with Crippen molar-refractivity contribution in [1.82, 2.24) is 19.4 Å². The summed E-state index contributed by atoms with van der Waals surface area (Å²) in [6.45, 7) is 6.81. The van der Waals surface area contributed by atoms with Gasteiger partial charge in [0.1, 0.15) is 5.76 Å². The van der Waals surface area contributed by atoms with Gasteiger partial charge >= 0.3 is 5.97 Å². The molecule has 13 heteroatoms. The summed E-state index contributed by atoms with van der Waals surface area (Å²) >= 11 is 13.0. The smallest absolute Gasteiger partial charge is 0.308 e. The number of ketones is 1. The number of Topliss-reactive ketones (excluding diaryl/α,β-unsaturated/α-hetero) is 1. The number of furan rings is 1.